The van der Waals surface area contributed by atoms with Gasteiger partial charge in [0, 0.05) is 41.9 Å². The molecule has 0 aliphatic carbocycles. The minimum Gasteiger partial charge on any atom is -0.461 e. The van der Waals surface area contributed by atoms with Crippen LogP contribution < -0.4 is 16.7 Å². The summed E-state index contributed by atoms with van der Waals surface area (Å²) in [6.45, 7) is 2.22. The number of benzene rings is 1. The highest BCUT2D eigenvalue weighted by Crippen LogP contribution is 2.30. The van der Waals surface area contributed by atoms with Gasteiger partial charge in [0.25, 0.3) is 0 Å². The second kappa shape index (κ2) is 10.3. The van der Waals surface area contributed by atoms with Gasteiger partial charge >= 0.3 is 11.7 Å². The van der Waals surface area contributed by atoms with Crippen LogP contribution in [0.5, 0.6) is 0 Å². The quantitative estimate of drug-likeness (QED) is 0.269. The zero-order chi connectivity index (χ0) is 24.1. The van der Waals surface area contributed by atoms with Crippen molar-refractivity contribution in [3.8, 4) is 11.6 Å². The van der Waals surface area contributed by atoms with Crippen LogP contribution in [0.25, 0.3) is 22.6 Å². The summed E-state index contributed by atoms with van der Waals surface area (Å²) in [5, 5.41) is 12.3. The van der Waals surface area contributed by atoms with Crippen LogP contribution in [0.15, 0.2) is 61.4 Å². The Hall–Kier alpha value is -4.06. The van der Waals surface area contributed by atoms with Gasteiger partial charge < -0.3 is 19.3 Å². The molecule has 0 aliphatic rings. The Labute approximate surface area is 197 Å². The number of fused-ring (bicyclic) bond motifs is 1. The predicted octanol–water partition coefficient (Wildman–Crippen LogP) is 3.38. The lowest BCUT2D eigenvalue weighted by Crippen LogP contribution is -2.15. The van der Waals surface area contributed by atoms with Crippen molar-refractivity contribution in [2.24, 2.45) is 5.73 Å². The third kappa shape index (κ3) is 5.29. The van der Waals surface area contributed by atoms with E-state index in [-0.39, 0.29) is 19.6 Å². The first kappa shape index (κ1) is 23.1. The molecule has 0 atom stereocenters. The maximum atomic E-state index is 12.2. The van der Waals surface area contributed by atoms with E-state index >= 15 is 0 Å². The van der Waals surface area contributed by atoms with Crippen molar-refractivity contribution < 1.29 is 23.2 Å². The number of anilines is 1. The van der Waals surface area contributed by atoms with Crippen molar-refractivity contribution in [1.82, 2.24) is 14.8 Å². The lowest BCUT2D eigenvalue weighted by Gasteiger charge is -2.10. The van der Waals surface area contributed by atoms with Crippen LogP contribution in [0.4, 0.5) is 10.5 Å². The Kier molecular flexibility index (Phi) is 6.97. The Morgan fingerprint density at radius 2 is 2.09 bits per heavy atom. The summed E-state index contributed by atoms with van der Waals surface area (Å²) in [7, 11) is 0. The SMILES string of the molecule is CCOC(=O)Nc1ccc2c(CSc3nnc(-c4ccco4)n3CCC(N)=O)cc(=O)oc2c1. The zero-order valence-corrected chi connectivity index (χ0v) is 19.0. The number of nitrogens with one attached hydrogen (secondary N) is 1. The van der Waals surface area contributed by atoms with Crippen molar-refractivity contribution >= 4 is 40.4 Å². The summed E-state index contributed by atoms with van der Waals surface area (Å²) in [6, 6.07) is 9.89. The van der Waals surface area contributed by atoms with Crippen LogP contribution >= 0.6 is 11.8 Å². The van der Waals surface area contributed by atoms with Gasteiger partial charge in [-0.15, -0.1) is 10.2 Å². The Bertz CT molecular complexity index is 1380. The number of amides is 2. The molecule has 0 unspecified atom stereocenters. The normalized spacial score (nSPS) is 11.0. The molecule has 3 aromatic heterocycles. The molecule has 0 saturated carbocycles. The van der Waals surface area contributed by atoms with Gasteiger partial charge in [-0.1, -0.05) is 11.8 Å². The third-order valence-electron chi connectivity index (χ3n) is 4.75. The summed E-state index contributed by atoms with van der Waals surface area (Å²) in [4.78, 5) is 35.2. The molecule has 4 aromatic rings. The van der Waals surface area contributed by atoms with Gasteiger partial charge in [-0.25, -0.2) is 9.59 Å². The van der Waals surface area contributed by atoms with Crippen molar-refractivity contribution in [3.63, 3.8) is 0 Å². The average molecular weight is 484 g/mol. The van der Waals surface area contributed by atoms with Crippen molar-refractivity contribution in [1.29, 1.82) is 0 Å². The average Bonchev–Trinajstić information content (AvgIpc) is 3.45. The van der Waals surface area contributed by atoms with Crippen LogP contribution in [0, 0.1) is 0 Å². The van der Waals surface area contributed by atoms with E-state index in [1.807, 2.05) is 0 Å². The van der Waals surface area contributed by atoms with E-state index in [0.29, 0.717) is 44.7 Å². The minimum absolute atomic E-state index is 0.105. The molecule has 0 aliphatic heterocycles. The van der Waals surface area contributed by atoms with Crippen LogP contribution in [0.3, 0.4) is 0 Å². The number of nitrogens with two attached hydrogens (primary N) is 1. The van der Waals surface area contributed by atoms with E-state index in [1.54, 1.807) is 41.8 Å². The van der Waals surface area contributed by atoms with Gasteiger partial charge in [0.05, 0.1) is 12.9 Å². The summed E-state index contributed by atoms with van der Waals surface area (Å²) in [6.07, 6.45) is 1.03. The lowest BCUT2D eigenvalue weighted by molar-refractivity contribution is -0.118. The predicted molar refractivity (Wildman–Crippen MR) is 124 cm³/mol. The number of hydrogen-bond acceptors (Lipinski definition) is 9. The van der Waals surface area contributed by atoms with Crippen molar-refractivity contribution in [3.05, 3.63) is 58.6 Å². The summed E-state index contributed by atoms with van der Waals surface area (Å²) < 4.78 is 17.4. The van der Waals surface area contributed by atoms with E-state index in [9.17, 15) is 14.4 Å². The van der Waals surface area contributed by atoms with Crippen molar-refractivity contribution in [2.75, 3.05) is 11.9 Å². The number of carbonyl (C=O) groups is 2. The summed E-state index contributed by atoms with van der Waals surface area (Å²) in [5.41, 5.74) is 6.28. The van der Waals surface area contributed by atoms with E-state index in [4.69, 9.17) is 19.3 Å². The molecule has 11 nitrogen and oxygen atoms in total. The fourth-order valence-corrected chi connectivity index (χ4v) is 4.22. The molecule has 0 bridgehead atoms. The largest absolute Gasteiger partial charge is 0.461 e. The monoisotopic (exact) mass is 483 g/mol. The number of carbonyl (C=O) groups excluding carboxylic acids is 2. The van der Waals surface area contributed by atoms with Gasteiger partial charge in [-0.2, -0.15) is 0 Å². The number of nitrogens with zero attached hydrogens (tertiary/aromatic N) is 3. The zero-order valence-electron chi connectivity index (χ0n) is 18.1. The van der Waals surface area contributed by atoms with Crippen LogP contribution in [0.2, 0.25) is 0 Å². The molecule has 3 N–H and O–H groups in total. The van der Waals surface area contributed by atoms with Gasteiger partial charge in [0.1, 0.15) is 5.58 Å². The third-order valence-corrected chi connectivity index (χ3v) is 5.76. The van der Waals surface area contributed by atoms with Gasteiger partial charge in [0.2, 0.25) is 5.91 Å². The number of aromatic nitrogens is 3. The molecule has 0 radical (unpaired) electrons. The van der Waals surface area contributed by atoms with Crippen LogP contribution in [-0.4, -0.2) is 33.4 Å². The number of furan rings is 1. The molecule has 3 heterocycles. The van der Waals surface area contributed by atoms with E-state index in [1.165, 1.54) is 24.1 Å². The number of rotatable bonds is 9. The molecule has 0 spiro atoms. The topological polar surface area (TPSA) is 155 Å². The Morgan fingerprint density at radius 1 is 1.24 bits per heavy atom. The van der Waals surface area contributed by atoms with Gasteiger partial charge in [0.15, 0.2) is 16.7 Å². The first-order valence-electron chi connectivity index (χ1n) is 10.3. The van der Waals surface area contributed by atoms with Gasteiger partial charge in [-0.3, -0.25) is 14.7 Å². The molecule has 2 amide bonds. The number of primary amides is 1. The molecular formula is C22H21N5O6S. The molecule has 1 aromatic carbocycles. The molecule has 0 fully saturated rings. The van der Waals surface area contributed by atoms with E-state index in [0.717, 1.165) is 0 Å². The maximum absolute atomic E-state index is 12.2. The smallest absolute Gasteiger partial charge is 0.411 e. The summed E-state index contributed by atoms with van der Waals surface area (Å²) >= 11 is 1.34. The van der Waals surface area contributed by atoms with Gasteiger partial charge in [-0.05, 0) is 36.8 Å². The van der Waals surface area contributed by atoms with Crippen molar-refractivity contribution in [2.45, 2.75) is 30.8 Å². The molecule has 176 valence electrons. The summed E-state index contributed by atoms with van der Waals surface area (Å²) in [5.74, 6) is 0.908. The minimum atomic E-state index is -0.599. The highest BCUT2D eigenvalue weighted by Gasteiger charge is 2.18. The molecule has 12 heteroatoms. The first-order chi connectivity index (χ1) is 16.4. The van der Waals surface area contributed by atoms with E-state index in [2.05, 4.69) is 15.5 Å². The fourth-order valence-electron chi connectivity index (χ4n) is 3.26. The Balaban J connectivity index is 1.60. The lowest BCUT2D eigenvalue weighted by atomic mass is 10.1. The number of thioether (sulfide) groups is 1. The molecule has 0 saturated heterocycles. The second-order valence-electron chi connectivity index (χ2n) is 7.09. The van der Waals surface area contributed by atoms with Crippen LogP contribution in [0.1, 0.15) is 18.9 Å². The Morgan fingerprint density at radius 3 is 2.82 bits per heavy atom. The van der Waals surface area contributed by atoms with Crippen LogP contribution in [-0.2, 0) is 21.8 Å². The standard InChI is InChI=1S/C22H21N5O6S/c1-2-31-22(30)24-14-5-6-15-13(10-19(29)33-17(15)11-14)12-34-21-26-25-20(16-4-3-9-32-16)27(21)8-7-18(23)28/h3-6,9-11H,2,7-8,12H2,1H3,(H2,23,28)(H,24,30). The number of ether oxygens (including phenoxy) is 1. The van der Waals surface area contributed by atoms with E-state index < -0.39 is 17.6 Å². The number of hydrogen-bond donors (Lipinski definition) is 2. The first-order valence-corrected chi connectivity index (χ1v) is 11.3. The molecule has 34 heavy (non-hydrogen) atoms. The maximum Gasteiger partial charge on any atom is 0.411 e. The highest BCUT2D eigenvalue weighted by molar-refractivity contribution is 7.98. The molecular weight excluding hydrogens is 462 g/mol. The second-order valence-corrected chi connectivity index (χ2v) is 8.03. The highest BCUT2D eigenvalue weighted by atomic mass is 32.2. The molecule has 4 rings (SSSR count). The fraction of sp³-hybridized carbons (Fsp3) is 0.227.